The number of benzene rings is 8. The average Bonchev–Trinajstić information content (AvgIpc) is 3.95. The van der Waals surface area contributed by atoms with Crippen molar-refractivity contribution in [3.05, 3.63) is 145 Å². The minimum absolute atomic E-state index is 0.832. The van der Waals surface area contributed by atoms with E-state index in [1.54, 1.807) is 11.3 Å². The second kappa shape index (κ2) is 9.63. The quantitative estimate of drug-likeness (QED) is 0.174. The third-order valence-corrected chi connectivity index (χ3v) is 11.4. The smallest absolute Gasteiger partial charge is 0.147 e. The normalized spacial score (nSPS) is 12.4. The van der Waals surface area contributed by atoms with Gasteiger partial charge < -0.3 is 13.3 Å². The lowest BCUT2D eigenvalue weighted by Crippen LogP contribution is -1.92. The molecule has 4 heterocycles. The molecule has 8 aromatic carbocycles. The van der Waals surface area contributed by atoms with Gasteiger partial charge in [-0.25, -0.2) is 0 Å². The van der Waals surface area contributed by atoms with Crippen molar-refractivity contribution < 1.29 is 13.3 Å². The molecule has 50 heavy (non-hydrogen) atoms. The maximum absolute atomic E-state index is 6.77. The summed E-state index contributed by atoms with van der Waals surface area (Å²) < 4.78 is 21.0. The average molecular weight is 657 g/mol. The largest absolute Gasteiger partial charge is 0.456 e. The summed E-state index contributed by atoms with van der Waals surface area (Å²) >= 11 is 1.78. The van der Waals surface area contributed by atoms with Crippen LogP contribution >= 0.6 is 11.3 Å². The van der Waals surface area contributed by atoms with E-state index in [4.69, 9.17) is 13.3 Å². The molecule has 0 unspecified atom stereocenters. The van der Waals surface area contributed by atoms with Crippen LogP contribution in [-0.2, 0) is 0 Å². The van der Waals surface area contributed by atoms with Crippen LogP contribution in [0.2, 0.25) is 0 Å². The SMILES string of the molecule is c1ccc2c(c1)oc1c(-c3c4ccccc4c(-c4cccc5oc6c(ccc7oc8ccccc8c76)c45)c4ccccc34)c3ccsc3cc12. The first-order chi connectivity index (χ1) is 24.8. The third-order valence-electron chi connectivity index (χ3n) is 10.6. The van der Waals surface area contributed by atoms with Crippen LogP contribution in [0.5, 0.6) is 0 Å². The summed E-state index contributed by atoms with van der Waals surface area (Å²) in [7, 11) is 0. The number of furan rings is 3. The van der Waals surface area contributed by atoms with Gasteiger partial charge >= 0.3 is 0 Å². The summed E-state index contributed by atoms with van der Waals surface area (Å²) in [5.74, 6) is 0. The van der Waals surface area contributed by atoms with Crippen molar-refractivity contribution in [3.63, 3.8) is 0 Å². The van der Waals surface area contributed by atoms with Crippen LogP contribution < -0.4 is 0 Å². The maximum Gasteiger partial charge on any atom is 0.147 e. The van der Waals surface area contributed by atoms with Crippen LogP contribution in [0.4, 0.5) is 0 Å². The topological polar surface area (TPSA) is 39.4 Å². The van der Waals surface area contributed by atoms with Crippen LogP contribution in [0.1, 0.15) is 0 Å². The predicted molar refractivity (Wildman–Crippen MR) is 210 cm³/mol. The Morgan fingerprint density at radius 3 is 1.70 bits per heavy atom. The Morgan fingerprint density at radius 1 is 0.340 bits per heavy atom. The minimum Gasteiger partial charge on any atom is -0.456 e. The highest BCUT2D eigenvalue weighted by Crippen LogP contribution is 2.51. The summed E-state index contributed by atoms with van der Waals surface area (Å²) in [4.78, 5) is 0. The number of fused-ring (bicyclic) bond motifs is 13. The van der Waals surface area contributed by atoms with E-state index in [1.807, 2.05) is 18.2 Å². The number of rotatable bonds is 2. The summed E-state index contributed by atoms with van der Waals surface area (Å²) in [6.07, 6.45) is 0. The van der Waals surface area contributed by atoms with Crippen molar-refractivity contribution in [3.8, 4) is 22.3 Å². The van der Waals surface area contributed by atoms with Crippen LogP contribution in [-0.4, -0.2) is 0 Å². The zero-order valence-electron chi connectivity index (χ0n) is 26.5. The Balaban J connectivity index is 1.25. The maximum atomic E-state index is 6.77. The standard InChI is InChI=1S/C46H24O3S/c1-3-13-28-26(11-1)40(32-16-9-19-37-41(32)33-20-21-38-43(45(33)49-37)30-15-6-8-18-36(30)47-38)27-12-2-4-14-29(27)42(28)44-31-22-23-50-39(31)24-34-25-10-5-7-17-35(25)48-46(34)44/h1-24H. The molecule has 0 aliphatic carbocycles. The van der Waals surface area contributed by atoms with Crippen molar-refractivity contribution in [2.45, 2.75) is 0 Å². The van der Waals surface area contributed by atoms with E-state index in [2.05, 4.69) is 127 Å². The van der Waals surface area contributed by atoms with Gasteiger partial charge in [0.15, 0.2) is 0 Å². The summed E-state index contributed by atoms with van der Waals surface area (Å²) in [6.45, 7) is 0. The molecule has 0 aliphatic heterocycles. The van der Waals surface area contributed by atoms with E-state index in [0.717, 1.165) is 76.9 Å². The van der Waals surface area contributed by atoms with Gasteiger partial charge in [0.05, 0.1) is 5.39 Å². The Labute approximate surface area is 288 Å². The molecule has 0 atom stereocenters. The van der Waals surface area contributed by atoms with Crippen molar-refractivity contribution in [2.75, 3.05) is 0 Å². The van der Waals surface area contributed by atoms with Gasteiger partial charge in [-0.2, -0.15) is 0 Å². The highest BCUT2D eigenvalue weighted by Gasteiger charge is 2.25. The Bertz CT molecular complexity index is 3330. The van der Waals surface area contributed by atoms with Crippen LogP contribution in [0.25, 0.3) is 120 Å². The second-order valence-corrected chi connectivity index (χ2v) is 14.0. The molecule has 0 aliphatic rings. The molecule has 4 aromatic heterocycles. The fourth-order valence-electron chi connectivity index (χ4n) is 8.52. The van der Waals surface area contributed by atoms with E-state index >= 15 is 0 Å². The highest BCUT2D eigenvalue weighted by atomic mass is 32.1. The first-order valence-corrected chi connectivity index (χ1v) is 17.7. The van der Waals surface area contributed by atoms with Crippen molar-refractivity contribution in [1.29, 1.82) is 0 Å². The zero-order valence-corrected chi connectivity index (χ0v) is 27.3. The van der Waals surface area contributed by atoms with Crippen LogP contribution in [0, 0.1) is 0 Å². The molecule has 4 heteroatoms. The summed E-state index contributed by atoms with van der Waals surface area (Å²) in [5, 5.41) is 14.7. The predicted octanol–water partition coefficient (Wildman–Crippen LogP) is 14.2. The van der Waals surface area contributed by atoms with Crippen LogP contribution in [0.3, 0.4) is 0 Å². The molecule has 12 rings (SSSR count). The lowest BCUT2D eigenvalue weighted by atomic mass is 9.84. The van der Waals surface area contributed by atoms with Crippen molar-refractivity contribution >= 4 is 109 Å². The monoisotopic (exact) mass is 656 g/mol. The molecule has 0 bridgehead atoms. The molecular weight excluding hydrogens is 633 g/mol. The first kappa shape index (κ1) is 26.6. The summed E-state index contributed by atoms with van der Waals surface area (Å²) in [5.41, 5.74) is 9.94. The Morgan fingerprint density at radius 2 is 0.940 bits per heavy atom. The fraction of sp³-hybridized carbons (Fsp3) is 0. The van der Waals surface area contributed by atoms with E-state index < -0.39 is 0 Å². The fourth-order valence-corrected chi connectivity index (χ4v) is 9.36. The molecule has 0 fully saturated rings. The molecule has 0 amide bonds. The molecule has 12 aromatic rings. The second-order valence-electron chi connectivity index (χ2n) is 13.1. The van der Waals surface area contributed by atoms with E-state index in [1.165, 1.54) is 42.8 Å². The molecule has 0 saturated carbocycles. The number of para-hydroxylation sites is 2. The molecule has 0 N–H and O–H groups in total. The molecule has 0 saturated heterocycles. The van der Waals surface area contributed by atoms with Gasteiger partial charge in [0.1, 0.15) is 33.5 Å². The van der Waals surface area contributed by atoms with E-state index in [9.17, 15) is 0 Å². The van der Waals surface area contributed by atoms with Gasteiger partial charge in [0, 0.05) is 48.1 Å². The van der Waals surface area contributed by atoms with E-state index in [-0.39, 0.29) is 0 Å². The zero-order chi connectivity index (χ0) is 32.5. The molecular formula is C46H24O3S. The lowest BCUT2D eigenvalue weighted by Gasteiger charge is -2.19. The molecule has 0 radical (unpaired) electrons. The number of hydrogen-bond acceptors (Lipinski definition) is 4. The van der Waals surface area contributed by atoms with Gasteiger partial charge in [0.25, 0.3) is 0 Å². The van der Waals surface area contributed by atoms with Crippen LogP contribution in [0.15, 0.2) is 158 Å². The van der Waals surface area contributed by atoms with Crippen molar-refractivity contribution in [1.82, 2.24) is 0 Å². The van der Waals surface area contributed by atoms with E-state index in [0.29, 0.717) is 0 Å². The van der Waals surface area contributed by atoms with Gasteiger partial charge in [0.2, 0.25) is 0 Å². The van der Waals surface area contributed by atoms with Gasteiger partial charge in [-0.3, -0.25) is 0 Å². The molecule has 232 valence electrons. The molecule has 3 nitrogen and oxygen atoms in total. The minimum atomic E-state index is 0.832. The van der Waals surface area contributed by atoms with Gasteiger partial charge in [-0.15, -0.1) is 11.3 Å². The third kappa shape index (κ3) is 3.38. The first-order valence-electron chi connectivity index (χ1n) is 16.8. The number of thiophene rings is 1. The highest BCUT2D eigenvalue weighted by molar-refractivity contribution is 7.17. The Kier molecular flexibility index (Phi) is 5.12. The number of hydrogen-bond donors (Lipinski definition) is 0. The molecule has 0 spiro atoms. The van der Waals surface area contributed by atoms with Gasteiger partial charge in [-0.1, -0.05) is 97.1 Å². The summed E-state index contributed by atoms with van der Waals surface area (Å²) in [6, 6.07) is 49.5. The van der Waals surface area contributed by atoms with Crippen molar-refractivity contribution in [2.24, 2.45) is 0 Å². The van der Waals surface area contributed by atoms with Gasteiger partial charge in [-0.05, 0) is 80.5 Å². The Hall–Kier alpha value is -6.36. The lowest BCUT2D eigenvalue weighted by molar-refractivity contribution is 0.663.